The fraction of sp³-hybridized carbons (Fsp3) is 0.407. The molecule has 0 spiro atoms. The summed E-state index contributed by atoms with van der Waals surface area (Å²) in [5, 5.41) is 3.33. The van der Waals surface area contributed by atoms with Crippen LogP contribution < -0.4 is 19.5 Å². The Hall–Kier alpha value is -2.92. The van der Waals surface area contributed by atoms with Crippen LogP contribution in [0.25, 0.3) is 0 Å². The molecule has 0 radical (unpaired) electrons. The number of nitrogens with zero attached hydrogens (tertiary/aromatic N) is 3. The van der Waals surface area contributed by atoms with Gasteiger partial charge >= 0.3 is 0 Å². The van der Waals surface area contributed by atoms with Crippen molar-refractivity contribution in [3.8, 4) is 11.5 Å². The van der Waals surface area contributed by atoms with Crippen LogP contribution in [0.15, 0.2) is 53.6 Å². The molecule has 3 aromatic rings. The molecule has 204 valence electrons. The number of ether oxygens (including phenoxy) is 2. The fourth-order valence-corrected chi connectivity index (χ4v) is 5.29. The summed E-state index contributed by atoms with van der Waals surface area (Å²) in [6.45, 7) is 7.80. The van der Waals surface area contributed by atoms with Crippen LogP contribution in [-0.2, 0) is 16.4 Å². The minimum atomic E-state index is -3.68. The van der Waals surface area contributed by atoms with Gasteiger partial charge in [-0.15, -0.1) is 0 Å². The van der Waals surface area contributed by atoms with Crippen LogP contribution in [0.1, 0.15) is 38.1 Å². The van der Waals surface area contributed by atoms with Crippen LogP contribution in [0.5, 0.6) is 11.5 Å². The molecule has 2 aromatic carbocycles. The van der Waals surface area contributed by atoms with E-state index in [0.717, 1.165) is 49.5 Å². The molecule has 1 atom stereocenters. The minimum absolute atomic E-state index is 0.0916. The number of benzene rings is 2. The molecule has 9 nitrogen and oxygen atoms in total. The topological polar surface area (TPSA) is 106 Å². The van der Waals surface area contributed by atoms with Gasteiger partial charge in [-0.2, -0.15) is 0 Å². The smallest absolute Gasteiger partial charge is 0.242 e. The lowest BCUT2D eigenvalue weighted by molar-refractivity contribution is 0.201. The average Bonchev–Trinajstić information content (AvgIpc) is 3.38. The third-order valence-corrected chi connectivity index (χ3v) is 8.07. The Kier molecular flexibility index (Phi) is 9.43. The molecule has 1 saturated heterocycles. The molecule has 1 unspecified atom stereocenters. The second-order valence-corrected chi connectivity index (χ2v) is 11.3. The third-order valence-electron chi connectivity index (χ3n) is 6.32. The van der Waals surface area contributed by atoms with E-state index in [1.54, 1.807) is 18.2 Å². The molecule has 2 N–H and O–H groups in total. The maximum atomic E-state index is 12.5. The highest BCUT2D eigenvalue weighted by atomic mass is 35.5. The van der Waals surface area contributed by atoms with E-state index in [4.69, 9.17) is 21.1 Å². The van der Waals surface area contributed by atoms with Crippen LogP contribution in [0.2, 0.25) is 5.02 Å². The monoisotopic (exact) mass is 559 g/mol. The van der Waals surface area contributed by atoms with E-state index < -0.39 is 10.0 Å². The van der Waals surface area contributed by atoms with E-state index >= 15 is 0 Å². The number of hydrogen-bond donors (Lipinski definition) is 2. The summed E-state index contributed by atoms with van der Waals surface area (Å²) in [6.07, 6.45) is 3.95. The van der Waals surface area contributed by atoms with Gasteiger partial charge in [0.15, 0.2) is 5.82 Å². The number of halogens is 1. The summed E-state index contributed by atoms with van der Waals surface area (Å²) in [5.74, 6) is 2.33. The summed E-state index contributed by atoms with van der Waals surface area (Å²) >= 11 is 6.37. The standard InChI is InChI=1S/C27H34ClN5O4S/c1-4-14-36-24-16-20(37-21-12-13-33(5-2)18-21)11-10-19(24)15-26-30-17-22(28)27(32-26)31-23-8-6-7-9-25(23)38(34,35)29-3/h6-11,16-17,21,29H,4-5,12-15,18H2,1-3H3,(H,30,31,32). The largest absolute Gasteiger partial charge is 0.493 e. The molecular formula is C27H34ClN5O4S. The number of likely N-dealkylation sites (N-methyl/N-ethyl adjacent to an activating group) is 1. The zero-order valence-electron chi connectivity index (χ0n) is 21.9. The molecule has 2 heterocycles. The predicted molar refractivity (Wildman–Crippen MR) is 149 cm³/mol. The average molecular weight is 560 g/mol. The Morgan fingerprint density at radius 1 is 1.18 bits per heavy atom. The molecule has 0 aliphatic carbocycles. The number of aromatic nitrogens is 2. The Morgan fingerprint density at radius 2 is 2.00 bits per heavy atom. The lowest BCUT2D eigenvalue weighted by Gasteiger charge is -2.17. The molecule has 0 bridgehead atoms. The first-order valence-electron chi connectivity index (χ1n) is 12.8. The quantitative estimate of drug-likeness (QED) is 0.331. The first-order valence-corrected chi connectivity index (χ1v) is 14.6. The zero-order chi connectivity index (χ0) is 27.1. The molecule has 0 saturated carbocycles. The van der Waals surface area contributed by atoms with Crippen molar-refractivity contribution in [2.24, 2.45) is 0 Å². The number of nitrogens with one attached hydrogen (secondary N) is 2. The van der Waals surface area contributed by atoms with Crippen molar-refractivity contribution < 1.29 is 17.9 Å². The molecule has 4 rings (SSSR count). The van der Waals surface area contributed by atoms with E-state index in [1.165, 1.54) is 19.3 Å². The summed E-state index contributed by atoms with van der Waals surface area (Å²) in [4.78, 5) is 11.5. The van der Waals surface area contributed by atoms with Crippen LogP contribution in [0.4, 0.5) is 11.5 Å². The lowest BCUT2D eigenvalue weighted by atomic mass is 10.1. The van der Waals surface area contributed by atoms with Crippen LogP contribution in [-0.4, -0.2) is 62.7 Å². The number of likely N-dealkylation sites (tertiary alicyclic amines) is 1. The fourth-order valence-electron chi connectivity index (χ4n) is 4.26. The van der Waals surface area contributed by atoms with Gasteiger partial charge in [0.2, 0.25) is 10.0 Å². The van der Waals surface area contributed by atoms with Crippen LogP contribution in [0, 0.1) is 0 Å². The van der Waals surface area contributed by atoms with Crippen molar-refractivity contribution in [2.45, 2.75) is 44.1 Å². The number of rotatable bonds is 12. The Bertz CT molecular complexity index is 1360. The van der Waals surface area contributed by atoms with E-state index in [1.807, 2.05) is 18.2 Å². The Balaban J connectivity index is 1.56. The first-order chi connectivity index (χ1) is 18.3. The van der Waals surface area contributed by atoms with Gasteiger partial charge in [0.05, 0.1) is 18.5 Å². The second kappa shape index (κ2) is 12.8. The van der Waals surface area contributed by atoms with Gasteiger partial charge in [-0.1, -0.05) is 43.6 Å². The number of para-hydroxylation sites is 1. The molecule has 38 heavy (non-hydrogen) atoms. The van der Waals surface area contributed by atoms with Gasteiger partial charge in [-0.25, -0.2) is 23.1 Å². The van der Waals surface area contributed by atoms with E-state index in [-0.39, 0.29) is 16.0 Å². The van der Waals surface area contributed by atoms with E-state index in [2.05, 4.69) is 38.8 Å². The summed E-state index contributed by atoms with van der Waals surface area (Å²) < 4.78 is 39.6. The second-order valence-electron chi connectivity index (χ2n) is 9.03. The molecule has 1 aliphatic rings. The third kappa shape index (κ3) is 6.93. The first kappa shape index (κ1) is 28.1. The van der Waals surface area contributed by atoms with E-state index in [9.17, 15) is 8.42 Å². The van der Waals surface area contributed by atoms with Crippen molar-refractivity contribution in [3.05, 3.63) is 65.1 Å². The van der Waals surface area contributed by atoms with Crippen molar-refractivity contribution in [3.63, 3.8) is 0 Å². The van der Waals surface area contributed by atoms with Crippen LogP contribution >= 0.6 is 11.6 Å². The molecule has 1 aromatic heterocycles. The lowest BCUT2D eigenvalue weighted by Crippen LogP contribution is -2.24. The number of anilines is 2. The maximum absolute atomic E-state index is 12.5. The van der Waals surface area contributed by atoms with Gasteiger partial charge in [0.1, 0.15) is 33.3 Å². The number of sulfonamides is 1. The van der Waals surface area contributed by atoms with Crippen molar-refractivity contribution in [2.75, 3.05) is 38.6 Å². The van der Waals surface area contributed by atoms with Crippen molar-refractivity contribution in [1.82, 2.24) is 19.6 Å². The normalized spacial score (nSPS) is 15.9. The van der Waals surface area contributed by atoms with Gasteiger partial charge < -0.3 is 14.8 Å². The Labute approximate surface area is 229 Å². The highest BCUT2D eigenvalue weighted by molar-refractivity contribution is 7.89. The van der Waals surface area contributed by atoms with Gasteiger partial charge in [-0.3, -0.25) is 4.90 Å². The highest BCUT2D eigenvalue weighted by Gasteiger charge is 2.23. The summed E-state index contributed by atoms with van der Waals surface area (Å²) in [5.41, 5.74) is 1.27. The number of hydrogen-bond acceptors (Lipinski definition) is 8. The van der Waals surface area contributed by atoms with Crippen molar-refractivity contribution in [1.29, 1.82) is 0 Å². The maximum Gasteiger partial charge on any atom is 0.242 e. The molecule has 1 aliphatic heterocycles. The van der Waals surface area contributed by atoms with Gasteiger partial charge in [0, 0.05) is 31.1 Å². The van der Waals surface area contributed by atoms with Gasteiger partial charge in [-0.05, 0) is 44.6 Å². The molecular weight excluding hydrogens is 526 g/mol. The summed E-state index contributed by atoms with van der Waals surface area (Å²) in [7, 11) is -2.32. The Morgan fingerprint density at radius 3 is 2.74 bits per heavy atom. The van der Waals surface area contributed by atoms with Crippen LogP contribution in [0.3, 0.4) is 0 Å². The summed E-state index contributed by atoms with van der Waals surface area (Å²) in [6, 6.07) is 12.4. The molecule has 1 fully saturated rings. The highest BCUT2D eigenvalue weighted by Crippen LogP contribution is 2.31. The van der Waals surface area contributed by atoms with Crippen molar-refractivity contribution >= 4 is 33.1 Å². The zero-order valence-corrected chi connectivity index (χ0v) is 23.5. The minimum Gasteiger partial charge on any atom is -0.493 e. The van der Waals surface area contributed by atoms with E-state index in [0.29, 0.717) is 30.4 Å². The SMILES string of the molecule is CCCOc1cc(OC2CCN(CC)C2)ccc1Cc1ncc(Cl)c(Nc2ccccc2S(=O)(=O)NC)n1. The molecule has 0 amide bonds. The van der Waals surface area contributed by atoms with Gasteiger partial charge in [0.25, 0.3) is 0 Å². The molecule has 11 heteroatoms. The predicted octanol–water partition coefficient (Wildman–Crippen LogP) is 4.63.